The Hall–Kier alpha value is -2.78. The van der Waals surface area contributed by atoms with E-state index in [9.17, 15) is 13.2 Å². The fourth-order valence-electron chi connectivity index (χ4n) is 2.17. The van der Waals surface area contributed by atoms with Crippen LogP contribution in [-0.4, -0.2) is 25.1 Å². The first-order valence-corrected chi connectivity index (χ1v) is 10.6. The fraction of sp³-hybridized carbons (Fsp3) is 0.111. The molecule has 0 spiro atoms. The number of anilines is 2. The molecule has 2 N–H and O–H groups in total. The molecule has 0 aliphatic carbocycles. The van der Waals surface area contributed by atoms with Gasteiger partial charge >= 0.3 is 0 Å². The van der Waals surface area contributed by atoms with Gasteiger partial charge in [-0.05, 0) is 48.5 Å². The summed E-state index contributed by atoms with van der Waals surface area (Å²) >= 11 is 1.43. The van der Waals surface area contributed by atoms with Gasteiger partial charge in [0.25, 0.3) is 10.0 Å². The summed E-state index contributed by atoms with van der Waals surface area (Å²) in [4.78, 5) is 16.0. The molecule has 27 heavy (non-hydrogen) atoms. The van der Waals surface area contributed by atoms with E-state index in [1.54, 1.807) is 42.7 Å². The number of benzene rings is 1. The zero-order valence-electron chi connectivity index (χ0n) is 14.2. The van der Waals surface area contributed by atoms with Gasteiger partial charge in [0.15, 0.2) is 0 Å². The highest BCUT2D eigenvalue weighted by molar-refractivity contribution is 7.99. The third kappa shape index (κ3) is 5.60. The third-order valence-corrected chi connectivity index (χ3v) is 5.74. The number of amides is 1. The number of nitrogens with zero attached hydrogens (tertiary/aromatic N) is 1. The van der Waals surface area contributed by atoms with Crippen molar-refractivity contribution < 1.29 is 17.6 Å². The third-order valence-electron chi connectivity index (χ3n) is 3.41. The molecule has 1 amide bonds. The summed E-state index contributed by atoms with van der Waals surface area (Å²) in [6, 6.07) is 14.5. The molecule has 9 heteroatoms. The first-order chi connectivity index (χ1) is 13.0. The SMILES string of the molecule is O=C(CSCc1ccco1)Nc1ccc(S(=O)(=O)Nc2ccccn2)cc1. The van der Waals surface area contributed by atoms with Crippen LogP contribution in [0.25, 0.3) is 0 Å². The Morgan fingerprint density at radius 2 is 1.89 bits per heavy atom. The quantitative estimate of drug-likeness (QED) is 0.598. The molecular formula is C18H17N3O4S2. The maximum absolute atomic E-state index is 12.3. The lowest BCUT2D eigenvalue weighted by molar-refractivity contribution is -0.113. The average molecular weight is 403 g/mol. The zero-order valence-corrected chi connectivity index (χ0v) is 15.8. The van der Waals surface area contributed by atoms with Crippen LogP contribution in [0.4, 0.5) is 11.5 Å². The molecule has 0 unspecified atom stereocenters. The molecule has 0 saturated carbocycles. The number of nitrogens with one attached hydrogen (secondary N) is 2. The lowest BCUT2D eigenvalue weighted by Gasteiger charge is -2.09. The highest BCUT2D eigenvalue weighted by Crippen LogP contribution is 2.18. The molecule has 3 aromatic rings. The molecule has 0 atom stereocenters. The van der Waals surface area contributed by atoms with Crippen molar-refractivity contribution in [3.8, 4) is 0 Å². The van der Waals surface area contributed by atoms with Crippen molar-refractivity contribution in [1.82, 2.24) is 4.98 Å². The van der Waals surface area contributed by atoms with Crippen LogP contribution in [-0.2, 0) is 20.6 Å². The van der Waals surface area contributed by atoms with Gasteiger partial charge < -0.3 is 9.73 Å². The monoisotopic (exact) mass is 403 g/mol. The van der Waals surface area contributed by atoms with Crippen LogP contribution in [0.1, 0.15) is 5.76 Å². The summed E-state index contributed by atoms with van der Waals surface area (Å²) in [7, 11) is -3.74. The lowest BCUT2D eigenvalue weighted by atomic mass is 10.3. The van der Waals surface area contributed by atoms with Crippen molar-refractivity contribution in [1.29, 1.82) is 0 Å². The van der Waals surface area contributed by atoms with Crippen molar-refractivity contribution >= 4 is 39.2 Å². The largest absolute Gasteiger partial charge is 0.468 e. The molecule has 7 nitrogen and oxygen atoms in total. The summed E-state index contributed by atoms with van der Waals surface area (Å²) < 4.78 is 32.3. The molecule has 140 valence electrons. The summed E-state index contributed by atoms with van der Waals surface area (Å²) in [5.74, 6) is 1.75. The highest BCUT2D eigenvalue weighted by Gasteiger charge is 2.14. The Balaban J connectivity index is 1.54. The van der Waals surface area contributed by atoms with E-state index in [2.05, 4.69) is 15.0 Å². The van der Waals surface area contributed by atoms with E-state index in [4.69, 9.17) is 4.42 Å². The Morgan fingerprint density at radius 3 is 2.56 bits per heavy atom. The zero-order chi connectivity index (χ0) is 19.1. The number of hydrogen-bond donors (Lipinski definition) is 2. The van der Waals surface area contributed by atoms with Gasteiger partial charge in [-0.25, -0.2) is 13.4 Å². The lowest BCUT2D eigenvalue weighted by Crippen LogP contribution is -2.15. The van der Waals surface area contributed by atoms with Crippen LogP contribution < -0.4 is 10.0 Å². The van der Waals surface area contributed by atoms with Gasteiger partial charge in [0.05, 0.1) is 22.7 Å². The number of hydrogen-bond acceptors (Lipinski definition) is 6. The fourth-order valence-corrected chi connectivity index (χ4v) is 3.91. The van der Waals surface area contributed by atoms with Crippen molar-refractivity contribution in [2.45, 2.75) is 10.6 Å². The number of sulfonamides is 1. The van der Waals surface area contributed by atoms with Gasteiger partial charge in [0, 0.05) is 11.9 Å². The number of thioether (sulfide) groups is 1. The molecule has 2 aromatic heterocycles. The number of rotatable bonds is 8. The summed E-state index contributed by atoms with van der Waals surface area (Å²) in [6.45, 7) is 0. The van der Waals surface area contributed by atoms with Crippen LogP contribution in [0.5, 0.6) is 0 Å². The summed E-state index contributed by atoms with van der Waals surface area (Å²) in [6.07, 6.45) is 3.09. The first-order valence-electron chi connectivity index (χ1n) is 7.97. The predicted octanol–water partition coefficient (Wildman–Crippen LogP) is 3.35. The molecule has 0 aliphatic heterocycles. The van der Waals surface area contributed by atoms with Crippen LogP contribution in [0, 0.1) is 0 Å². The molecule has 2 heterocycles. The molecule has 0 bridgehead atoms. The van der Waals surface area contributed by atoms with Crippen molar-refractivity contribution in [3.63, 3.8) is 0 Å². The number of pyridine rings is 1. The minimum Gasteiger partial charge on any atom is -0.468 e. The summed E-state index contributed by atoms with van der Waals surface area (Å²) in [5, 5.41) is 2.73. The van der Waals surface area contributed by atoms with Gasteiger partial charge in [-0.3, -0.25) is 9.52 Å². The van der Waals surface area contributed by atoms with Crippen LogP contribution in [0.2, 0.25) is 0 Å². The van der Waals surface area contributed by atoms with Gasteiger partial charge in [-0.15, -0.1) is 11.8 Å². The van der Waals surface area contributed by atoms with Crippen LogP contribution in [0.15, 0.2) is 76.4 Å². The van der Waals surface area contributed by atoms with Gasteiger partial charge in [-0.1, -0.05) is 6.07 Å². The van der Waals surface area contributed by atoms with Crippen molar-refractivity contribution in [3.05, 3.63) is 72.8 Å². The van der Waals surface area contributed by atoms with E-state index in [0.29, 0.717) is 11.4 Å². The van der Waals surface area contributed by atoms with Crippen molar-refractivity contribution in [2.75, 3.05) is 15.8 Å². The van der Waals surface area contributed by atoms with E-state index < -0.39 is 10.0 Å². The maximum atomic E-state index is 12.3. The molecule has 0 radical (unpaired) electrons. The molecule has 0 fully saturated rings. The second kappa shape index (κ2) is 8.74. The minimum atomic E-state index is -3.74. The van der Waals surface area contributed by atoms with Crippen molar-refractivity contribution in [2.24, 2.45) is 0 Å². The molecular weight excluding hydrogens is 386 g/mol. The number of carbonyl (C=O) groups excluding carboxylic acids is 1. The highest BCUT2D eigenvalue weighted by atomic mass is 32.2. The van der Waals surface area contributed by atoms with E-state index in [1.165, 1.54) is 30.1 Å². The molecule has 1 aromatic carbocycles. The smallest absolute Gasteiger partial charge is 0.263 e. The Bertz CT molecular complexity index is 973. The first kappa shape index (κ1) is 19.0. The van der Waals surface area contributed by atoms with E-state index in [-0.39, 0.29) is 22.4 Å². The number of furan rings is 1. The number of aromatic nitrogens is 1. The molecule has 0 saturated heterocycles. The van der Waals surface area contributed by atoms with Crippen LogP contribution >= 0.6 is 11.8 Å². The van der Waals surface area contributed by atoms with E-state index >= 15 is 0 Å². The van der Waals surface area contributed by atoms with Crippen LogP contribution in [0.3, 0.4) is 0 Å². The standard InChI is InChI=1S/C18H17N3O4S2/c22-18(13-26-12-15-4-3-11-25-15)20-14-6-8-16(9-7-14)27(23,24)21-17-5-1-2-10-19-17/h1-11H,12-13H2,(H,19,21)(H,20,22). The average Bonchev–Trinajstić information content (AvgIpc) is 3.16. The minimum absolute atomic E-state index is 0.0818. The van der Waals surface area contributed by atoms with E-state index in [1.807, 2.05) is 6.07 Å². The topological polar surface area (TPSA) is 101 Å². The second-order valence-corrected chi connectivity index (χ2v) is 8.13. The second-order valence-electron chi connectivity index (χ2n) is 5.47. The van der Waals surface area contributed by atoms with Gasteiger partial charge in [-0.2, -0.15) is 0 Å². The van der Waals surface area contributed by atoms with Gasteiger partial charge in [0.1, 0.15) is 11.6 Å². The maximum Gasteiger partial charge on any atom is 0.263 e. The number of carbonyl (C=O) groups is 1. The van der Waals surface area contributed by atoms with Gasteiger partial charge in [0.2, 0.25) is 5.91 Å². The molecule has 0 aliphatic rings. The Labute approximate surface area is 161 Å². The summed E-state index contributed by atoms with van der Waals surface area (Å²) in [5.41, 5.74) is 0.524. The normalized spacial score (nSPS) is 11.1. The molecule has 3 rings (SSSR count). The Morgan fingerprint density at radius 1 is 1.07 bits per heavy atom. The van der Waals surface area contributed by atoms with E-state index in [0.717, 1.165) is 5.76 Å². The predicted molar refractivity (Wildman–Crippen MR) is 105 cm³/mol. The Kier molecular flexibility index (Phi) is 6.15.